The molecule has 0 saturated carbocycles. The summed E-state index contributed by atoms with van der Waals surface area (Å²) in [6, 6.07) is 1.37. The molecule has 2 heteroatoms. The normalized spacial score (nSPS) is 39.5. The predicted molar refractivity (Wildman–Crippen MR) is 46.6 cm³/mol. The fraction of sp³-hybridized carbons (Fsp3) is 0.778. The first-order valence-electron chi connectivity index (χ1n) is 4.36. The Bertz CT molecular complexity index is 176. The molecule has 62 valence electrons. The zero-order valence-electron chi connectivity index (χ0n) is 7.33. The summed E-state index contributed by atoms with van der Waals surface area (Å²) in [7, 11) is 4.44. The Labute approximate surface area is 68.5 Å². The van der Waals surface area contributed by atoms with E-state index in [2.05, 4.69) is 36.0 Å². The van der Waals surface area contributed by atoms with E-state index in [1.807, 2.05) is 0 Å². The molecule has 2 nitrogen and oxygen atoms in total. The van der Waals surface area contributed by atoms with E-state index in [1.54, 1.807) is 0 Å². The van der Waals surface area contributed by atoms with Crippen LogP contribution in [0.4, 0.5) is 0 Å². The van der Waals surface area contributed by atoms with Crippen LogP contribution in [0.15, 0.2) is 12.2 Å². The third-order valence-electron chi connectivity index (χ3n) is 2.94. The zero-order valence-corrected chi connectivity index (χ0v) is 7.33. The van der Waals surface area contributed by atoms with Crippen molar-refractivity contribution in [3.8, 4) is 0 Å². The summed E-state index contributed by atoms with van der Waals surface area (Å²) in [4.78, 5) is 4.90. The number of hydrogen-bond donors (Lipinski definition) is 0. The van der Waals surface area contributed by atoms with Gasteiger partial charge in [-0.3, -0.25) is 9.80 Å². The number of likely N-dealkylation sites (N-methyl/N-ethyl adjacent to an activating group) is 2. The summed E-state index contributed by atoms with van der Waals surface area (Å²) in [5.74, 6) is 0. The lowest BCUT2D eigenvalue weighted by molar-refractivity contribution is 0.236. The minimum absolute atomic E-state index is 0.666. The van der Waals surface area contributed by atoms with Crippen molar-refractivity contribution in [2.24, 2.45) is 0 Å². The van der Waals surface area contributed by atoms with Gasteiger partial charge in [0.1, 0.15) is 0 Å². The van der Waals surface area contributed by atoms with E-state index < -0.39 is 0 Å². The second-order valence-corrected chi connectivity index (χ2v) is 3.73. The Kier molecular flexibility index (Phi) is 1.74. The molecule has 2 bridgehead atoms. The van der Waals surface area contributed by atoms with Crippen LogP contribution in [0.2, 0.25) is 0 Å². The first-order chi connectivity index (χ1) is 5.27. The molecular weight excluding hydrogens is 136 g/mol. The van der Waals surface area contributed by atoms with Crippen molar-refractivity contribution in [3.63, 3.8) is 0 Å². The fourth-order valence-electron chi connectivity index (χ4n) is 2.00. The molecule has 0 aromatic heterocycles. The van der Waals surface area contributed by atoms with Gasteiger partial charge in [-0.1, -0.05) is 12.2 Å². The number of nitrogens with zero attached hydrogens (tertiary/aromatic N) is 2. The number of hydrogen-bond acceptors (Lipinski definition) is 2. The summed E-state index contributed by atoms with van der Waals surface area (Å²) in [5.41, 5.74) is 0. The molecule has 0 unspecified atom stereocenters. The van der Waals surface area contributed by atoms with Gasteiger partial charge in [0.15, 0.2) is 0 Å². The monoisotopic (exact) mass is 152 g/mol. The second-order valence-electron chi connectivity index (χ2n) is 3.73. The van der Waals surface area contributed by atoms with E-state index in [0.717, 1.165) is 0 Å². The van der Waals surface area contributed by atoms with Crippen LogP contribution in [0, 0.1) is 0 Å². The van der Waals surface area contributed by atoms with Gasteiger partial charge in [-0.15, -0.1) is 0 Å². The highest BCUT2D eigenvalue weighted by molar-refractivity contribution is 5.09. The average Bonchev–Trinajstić information content (AvgIpc) is 2.22. The molecule has 0 aliphatic carbocycles. The Hall–Kier alpha value is -0.340. The van der Waals surface area contributed by atoms with Gasteiger partial charge in [0.2, 0.25) is 0 Å². The van der Waals surface area contributed by atoms with Gasteiger partial charge in [-0.05, 0) is 20.5 Å². The van der Waals surface area contributed by atoms with Crippen LogP contribution in [-0.4, -0.2) is 49.1 Å². The van der Waals surface area contributed by atoms with E-state index in [4.69, 9.17) is 0 Å². The third kappa shape index (κ3) is 1.21. The zero-order chi connectivity index (χ0) is 7.84. The highest BCUT2D eigenvalue weighted by Crippen LogP contribution is 2.19. The van der Waals surface area contributed by atoms with Crippen LogP contribution in [0.3, 0.4) is 0 Å². The first-order valence-corrected chi connectivity index (χ1v) is 4.36. The standard InChI is InChI=1S/C9H16N2/c1-10-6-5-8-3-4-9(10)7-11(8)2/h3-4,8-9H,5-7H2,1-2H3/t8-,9-/m1/s1. The van der Waals surface area contributed by atoms with Crippen molar-refractivity contribution in [2.45, 2.75) is 18.5 Å². The van der Waals surface area contributed by atoms with Crippen molar-refractivity contribution in [3.05, 3.63) is 12.2 Å². The SMILES string of the molecule is CN1CC[C@H]2C=C[C@@H]1CN2C. The Balaban J connectivity index is 2.20. The Morgan fingerprint density at radius 3 is 2.55 bits per heavy atom. The molecule has 11 heavy (non-hydrogen) atoms. The first kappa shape index (κ1) is 7.32. The van der Waals surface area contributed by atoms with E-state index >= 15 is 0 Å². The molecule has 1 fully saturated rings. The minimum Gasteiger partial charge on any atom is -0.299 e. The van der Waals surface area contributed by atoms with Crippen LogP contribution < -0.4 is 0 Å². The van der Waals surface area contributed by atoms with Crippen LogP contribution in [-0.2, 0) is 0 Å². The maximum absolute atomic E-state index is 2.45. The highest BCUT2D eigenvalue weighted by atomic mass is 15.2. The summed E-state index contributed by atoms with van der Waals surface area (Å²) in [6.07, 6.45) is 6.01. The predicted octanol–water partition coefficient (Wildman–Crippen LogP) is 0.561. The lowest BCUT2D eigenvalue weighted by Crippen LogP contribution is -2.40. The maximum Gasteiger partial charge on any atom is 0.0403 e. The van der Waals surface area contributed by atoms with E-state index in [-0.39, 0.29) is 0 Å². The van der Waals surface area contributed by atoms with Gasteiger partial charge in [0, 0.05) is 25.2 Å². The fourth-order valence-corrected chi connectivity index (χ4v) is 2.00. The summed E-state index contributed by atoms with van der Waals surface area (Å²) >= 11 is 0. The molecule has 2 atom stereocenters. The molecule has 3 aliphatic heterocycles. The van der Waals surface area contributed by atoms with Crippen LogP contribution >= 0.6 is 0 Å². The Morgan fingerprint density at radius 1 is 1.09 bits per heavy atom. The molecule has 0 radical (unpaired) electrons. The van der Waals surface area contributed by atoms with E-state index in [0.29, 0.717) is 12.1 Å². The maximum atomic E-state index is 2.45. The van der Waals surface area contributed by atoms with E-state index in [1.165, 1.54) is 19.5 Å². The van der Waals surface area contributed by atoms with Gasteiger partial charge in [0.25, 0.3) is 0 Å². The topological polar surface area (TPSA) is 6.48 Å². The van der Waals surface area contributed by atoms with Crippen LogP contribution in [0.25, 0.3) is 0 Å². The third-order valence-corrected chi connectivity index (χ3v) is 2.94. The van der Waals surface area contributed by atoms with E-state index in [9.17, 15) is 0 Å². The van der Waals surface area contributed by atoms with Crippen LogP contribution in [0.1, 0.15) is 6.42 Å². The number of rotatable bonds is 0. The average molecular weight is 152 g/mol. The lowest BCUT2D eigenvalue weighted by Gasteiger charge is -2.30. The molecule has 3 heterocycles. The molecular formula is C9H16N2. The minimum atomic E-state index is 0.666. The van der Waals surface area contributed by atoms with Crippen molar-refractivity contribution in [2.75, 3.05) is 27.2 Å². The summed E-state index contributed by atoms with van der Waals surface area (Å²) in [6.45, 7) is 2.45. The van der Waals surface area contributed by atoms with Crippen molar-refractivity contribution in [1.82, 2.24) is 9.80 Å². The lowest BCUT2D eigenvalue weighted by atomic mass is 10.1. The van der Waals surface area contributed by atoms with Crippen molar-refractivity contribution < 1.29 is 0 Å². The summed E-state index contributed by atoms with van der Waals surface area (Å²) < 4.78 is 0. The van der Waals surface area contributed by atoms with Crippen LogP contribution in [0.5, 0.6) is 0 Å². The largest absolute Gasteiger partial charge is 0.299 e. The number of fused-ring (bicyclic) bond motifs is 3. The van der Waals surface area contributed by atoms with Gasteiger partial charge < -0.3 is 0 Å². The quantitative estimate of drug-likeness (QED) is 0.468. The molecule has 0 aromatic rings. The van der Waals surface area contributed by atoms with Crippen molar-refractivity contribution >= 4 is 0 Å². The second kappa shape index (κ2) is 2.61. The van der Waals surface area contributed by atoms with Gasteiger partial charge in [0.05, 0.1) is 0 Å². The molecule has 3 aliphatic rings. The molecule has 0 N–H and O–H groups in total. The smallest absolute Gasteiger partial charge is 0.0403 e. The molecule has 0 amide bonds. The molecule has 1 saturated heterocycles. The molecule has 0 spiro atoms. The highest BCUT2D eigenvalue weighted by Gasteiger charge is 2.27. The van der Waals surface area contributed by atoms with Gasteiger partial charge in [-0.2, -0.15) is 0 Å². The molecule has 3 rings (SSSR count). The molecule has 0 aromatic carbocycles. The summed E-state index contributed by atoms with van der Waals surface area (Å²) in [5, 5.41) is 0. The Morgan fingerprint density at radius 2 is 1.82 bits per heavy atom. The van der Waals surface area contributed by atoms with Gasteiger partial charge >= 0.3 is 0 Å². The van der Waals surface area contributed by atoms with Gasteiger partial charge in [-0.25, -0.2) is 0 Å². The van der Waals surface area contributed by atoms with Crippen molar-refractivity contribution in [1.29, 1.82) is 0 Å².